The standard InChI is InChI=1S/C13H17BrFN/c1-16-13(7-4-9-2-3-9)10-5-6-12(15)11(14)8-10/h5-6,8-9,13,16H,2-4,7H2,1H3. The van der Waals surface area contributed by atoms with Crippen LogP contribution in [-0.2, 0) is 0 Å². The number of benzene rings is 1. The molecule has 16 heavy (non-hydrogen) atoms. The molecule has 0 bridgehead atoms. The molecule has 1 atom stereocenters. The highest BCUT2D eigenvalue weighted by atomic mass is 79.9. The molecule has 1 aromatic carbocycles. The Morgan fingerprint density at radius 2 is 2.25 bits per heavy atom. The first-order valence-corrected chi connectivity index (χ1v) is 6.62. The van der Waals surface area contributed by atoms with Gasteiger partial charge in [-0.3, -0.25) is 0 Å². The van der Waals surface area contributed by atoms with Gasteiger partial charge in [0.1, 0.15) is 5.82 Å². The minimum atomic E-state index is -0.194. The summed E-state index contributed by atoms with van der Waals surface area (Å²) in [4.78, 5) is 0. The molecular weight excluding hydrogens is 269 g/mol. The van der Waals surface area contributed by atoms with E-state index in [1.54, 1.807) is 0 Å². The number of nitrogens with one attached hydrogen (secondary N) is 1. The molecule has 0 spiro atoms. The van der Waals surface area contributed by atoms with Gasteiger partial charge in [-0.25, -0.2) is 4.39 Å². The fraction of sp³-hybridized carbons (Fsp3) is 0.538. The molecule has 1 aromatic rings. The Kier molecular flexibility index (Phi) is 3.98. The third-order valence-electron chi connectivity index (χ3n) is 3.26. The molecule has 1 saturated carbocycles. The van der Waals surface area contributed by atoms with Crippen molar-refractivity contribution in [3.63, 3.8) is 0 Å². The molecule has 2 rings (SSSR count). The van der Waals surface area contributed by atoms with E-state index in [9.17, 15) is 4.39 Å². The summed E-state index contributed by atoms with van der Waals surface area (Å²) in [5, 5.41) is 3.30. The maximum atomic E-state index is 13.1. The highest BCUT2D eigenvalue weighted by Gasteiger charge is 2.22. The van der Waals surface area contributed by atoms with Crippen molar-refractivity contribution in [1.29, 1.82) is 0 Å². The molecule has 3 heteroatoms. The van der Waals surface area contributed by atoms with Crippen LogP contribution in [0, 0.1) is 11.7 Å². The van der Waals surface area contributed by atoms with Gasteiger partial charge in [-0.05, 0) is 59.4 Å². The summed E-state index contributed by atoms with van der Waals surface area (Å²) in [6.45, 7) is 0. The molecule has 1 aliphatic carbocycles. The Bertz CT molecular complexity index is 363. The lowest BCUT2D eigenvalue weighted by Gasteiger charge is -2.16. The van der Waals surface area contributed by atoms with E-state index in [4.69, 9.17) is 0 Å². The Morgan fingerprint density at radius 1 is 1.50 bits per heavy atom. The van der Waals surface area contributed by atoms with E-state index in [0.717, 1.165) is 17.9 Å². The summed E-state index contributed by atoms with van der Waals surface area (Å²) in [6, 6.07) is 5.62. The van der Waals surface area contributed by atoms with Gasteiger partial charge in [-0.1, -0.05) is 18.9 Å². The average molecular weight is 286 g/mol. The van der Waals surface area contributed by atoms with E-state index in [1.165, 1.54) is 25.3 Å². The number of halogens is 2. The molecule has 1 nitrogen and oxygen atoms in total. The van der Waals surface area contributed by atoms with Gasteiger partial charge in [0.05, 0.1) is 4.47 Å². The van der Waals surface area contributed by atoms with Crippen LogP contribution in [0.25, 0.3) is 0 Å². The molecule has 0 heterocycles. The van der Waals surface area contributed by atoms with Crippen LogP contribution in [0.2, 0.25) is 0 Å². The predicted octanol–water partition coefficient (Wildman–Crippen LogP) is 4.04. The van der Waals surface area contributed by atoms with E-state index in [0.29, 0.717) is 10.5 Å². The minimum absolute atomic E-state index is 0.194. The third kappa shape index (κ3) is 3.05. The van der Waals surface area contributed by atoms with Gasteiger partial charge in [-0.15, -0.1) is 0 Å². The van der Waals surface area contributed by atoms with Gasteiger partial charge in [0.2, 0.25) is 0 Å². The van der Waals surface area contributed by atoms with Crippen LogP contribution in [0.15, 0.2) is 22.7 Å². The topological polar surface area (TPSA) is 12.0 Å². The highest BCUT2D eigenvalue weighted by molar-refractivity contribution is 9.10. The Morgan fingerprint density at radius 3 is 2.81 bits per heavy atom. The van der Waals surface area contributed by atoms with E-state index >= 15 is 0 Å². The molecule has 0 saturated heterocycles. The van der Waals surface area contributed by atoms with Crippen molar-refractivity contribution in [2.75, 3.05) is 7.05 Å². The molecule has 0 amide bonds. The van der Waals surface area contributed by atoms with E-state index in [-0.39, 0.29) is 5.82 Å². The summed E-state index contributed by atoms with van der Waals surface area (Å²) in [6.07, 6.45) is 5.20. The largest absolute Gasteiger partial charge is 0.313 e. The van der Waals surface area contributed by atoms with Crippen molar-refractivity contribution in [1.82, 2.24) is 5.32 Å². The summed E-state index contributed by atoms with van der Waals surface area (Å²) < 4.78 is 13.7. The summed E-state index contributed by atoms with van der Waals surface area (Å²) in [5.74, 6) is 0.750. The number of rotatable bonds is 5. The van der Waals surface area contributed by atoms with E-state index in [1.807, 2.05) is 19.2 Å². The quantitative estimate of drug-likeness (QED) is 0.861. The molecular formula is C13H17BrFN. The van der Waals surface area contributed by atoms with Crippen LogP contribution in [0.5, 0.6) is 0 Å². The second kappa shape index (κ2) is 5.28. The summed E-state index contributed by atoms with van der Waals surface area (Å²) >= 11 is 3.23. The van der Waals surface area contributed by atoms with Crippen molar-refractivity contribution in [2.45, 2.75) is 31.7 Å². The van der Waals surface area contributed by atoms with Crippen LogP contribution in [0.4, 0.5) is 4.39 Å². The Labute approximate surface area is 105 Å². The fourth-order valence-electron chi connectivity index (χ4n) is 2.02. The third-order valence-corrected chi connectivity index (χ3v) is 3.86. The Hall–Kier alpha value is -0.410. The average Bonchev–Trinajstić information content (AvgIpc) is 3.08. The smallest absolute Gasteiger partial charge is 0.137 e. The molecule has 1 aliphatic rings. The SMILES string of the molecule is CNC(CCC1CC1)c1ccc(F)c(Br)c1. The van der Waals surface area contributed by atoms with Crippen LogP contribution in [0.3, 0.4) is 0 Å². The number of hydrogen-bond donors (Lipinski definition) is 1. The lowest BCUT2D eigenvalue weighted by atomic mass is 10.0. The van der Waals surface area contributed by atoms with E-state index < -0.39 is 0 Å². The maximum Gasteiger partial charge on any atom is 0.137 e. The highest BCUT2D eigenvalue weighted by Crippen LogP contribution is 2.36. The van der Waals surface area contributed by atoms with Gasteiger partial charge in [0, 0.05) is 6.04 Å². The Balaban J connectivity index is 2.02. The molecule has 88 valence electrons. The van der Waals surface area contributed by atoms with Crippen molar-refractivity contribution in [3.05, 3.63) is 34.1 Å². The van der Waals surface area contributed by atoms with Crippen LogP contribution < -0.4 is 5.32 Å². The summed E-state index contributed by atoms with van der Waals surface area (Å²) in [7, 11) is 1.97. The molecule has 0 radical (unpaired) electrons. The zero-order valence-electron chi connectivity index (χ0n) is 9.47. The molecule has 1 unspecified atom stereocenters. The van der Waals surface area contributed by atoms with Gasteiger partial charge < -0.3 is 5.32 Å². The van der Waals surface area contributed by atoms with Gasteiger partial charge in [-0.2, -0.15) is 0 Å². The van der Waals surface area contributed by atoms with Crippen LogP contribution >= 0.6 is 15.9 Å². The zero-order valence-corrected chi connectivity index (χ0v) is 11.1. The van der Waals surface area contributed by atoms with Gasteiger partial charge >= 0.3 is 0 Å². The van der Waals surface area contributed by atoms with Crippen molar-refractivity contribution >= 4 is 15.9 Å². The first-order valence-electron chi connectivity index (χ1n) is 5.83. The van der Waals surface area contributed by atoms with Crippen molar-refractivity contribution in [3.8, 4) is 0 Å². The van der Waals surface area contributed by atoms with Crippen LogP contribution in [-0.4, -0.2) is 7.05 Å². The van der Waals surface area contributed by atoms with Crippen LogP contribution in [0.1, 0.15) is 37.3 Å². The molecule has 0 aliphatic heterocycles. The number of hydrogen-bond acceptors (Lipinski definition) is 1. The second-order valence-corrected chi connectivity index (χ2v) is 5.39. The first kappa shape index (κ1) is 12.1. The second-order valence-electron chi connectivity index (χ2n) is 4.54. The van der Waals surface area contributed by atoms with Crippen molar-refractivity contribution < 1.29 is 4.39 Å². The van der Waals surface area contributed by atoms with E-state index in [2.05, 4.69) is 21.2 Å². The van der Waals surface area contributed by atoms with Gasteiger partial charge in [0.25, 0.3) is 0 Å². The first-order chi connectivity index (χ1) is 7.70. The lowest BCUT2D eigenvalue weighted by molar-refractivity contribution is 0.505. The molecule has 1 N–H and O–H groups in total. The predicted molar refractivity (Wildman–Crippen MR) is 67.9 cm³/mol. The van der Waals surface area contributed by atoms with Crippen molar-refractivity contribution in [2.24, 2.45) is 5.92 Å². The lowest BCUT2D eigenvalue weighted by Crippen LogP contribution is -2.16. The molecule has 0 aromatic heterocycles. The van der Waals surface area contributed by atoms with Gasteiger partial charge in [0.15, 0.2) is 0 Å². The maximum absolute atomic E-state index is 13.1. The zero-order chi connectivity index (χ0) is 11.5. The normalized spacial score (nSPS) is 17.4. The molecule has 1 fully saturated rings. The minimum Gasteiger partial charge on any atom is -0.313 e. The summed E-state index contributed by atoms with van der Waals surface area (Å²) in [5.41, 5.74) is 1.16. The monoisotopic (exact) mass is 285 g/mol. The fourth-order valence-corrected chi connectivity index (χ4v) is 2.41.